The first-order chi connectivity index (χ1) is 3.06. The van der Waals surface area contributed by atoms with Crippen molar-refractivity contribution in [2.75, 3.05) is 6.61 Å². The van der Waals surface area contributed by atoms with Crippen LogP contribution >= 0.6 is 0 Å². The van der Waals surface area contributed by atoms with Gasteiger partial charge in [0, 0.05) is 0 Å². The molecule has 3 nitrogen and oxygen atoms in total. The van der Waals surface area contributed by atoms with Crippen LogP contribution in [0.25, 0.3) is 0 Å². The Bertz CT molecular complexity index is 84.2. The molecule has 0 fully saturated rings. The summed E-state index contributed by atoms with van der Waals surface area (Å²) in [6, 6.07) is 0. The maximum atomic E-state index is 10.3. The van der Waals surface area contributed by atoms with Gasteiger partial charge in [-0.05, 0) is 0 Å². The van der Waals surface area contributed by atoms with E-state index in [1.54, 1.807) is 0 Å². The van der Waals surface area contributed by atoms with Crippen LogP contribution < -0.4 is 0 Å². The normalized spacial score (nSPS) is 18.7. The Morgan fingerprint density at radius 3 is 2.14 bits per heavy atom. The van der Waals surface area contributed by atoms with Gasteiger partial charge in [-0.15, -0.1) is 0 Å². The van der Waals surface area contributed by atoms with E-state index in [9.17, 15) is 3.74 Å². The van der Waals surface area contributed by atoms with E-state index in [0.29, 0.717) is 0 Å². The molecule has 0 bridgehead atoms. The van der Waals surface area contributed by atoms with Crippen LogP contribution in [0, 0.1) is 0 Å². The third kappa shape index (κ3) is 6.28. The standard InChI is InChI=1S/C3H9AsO3/c1-4(6,7)2-3-5/h5H,2-3H2,1H3,(H,6,7). The molecule has 0 aliphatic rings. The van der Waals surface area contributed by atoms with Crippen molar-refractivity contribution >= 4 is 13.8 Å². The van der Waals surface area contributed by atoms with Crippen molar-refractivity contribution in [3.8, 4) is 0 Å². The summed E-state index contributed by atoms with van der Waals surface area (Å²) >= 11 is -3.44. The zero-order valence-corrected chi connectivity index (χ0v) is 6.04. The van der Waals surface area contributed by atoms with E-state index in [4.69, 9.17) is 9.20 Å². The van der Waals surface area contributed by atoms with E-state index in [1.807, 2.05) is 0 Å². The van der Waals surface area contributed by atoms with Crippen molar-refractivity contribution in [2.45, 2.75) is 10.9 Å². The third-order valence-electron chi connectivity index (χ3n) is 0.515. The SMILES string of the molecule is C[As](=O)(O)CCO. The van der Waals surface area contributed by atoms with E-state index in [1.165, 1.54) is 5.71 Å². The maximum absolute atomic E-state index is 10.3. The van der Waals surface area contributed by atoms with Gasteiger partial charge in [-0.1, -0.05) is 0 Å². The Morgan fingerprint density at radius 2 is 2.14 bits per heavy atom. The van der Waals surface area contributed by atoms with Gasteiger partial charge in [-0.2, -0.15) is 0 Å². The van der Waals surface area contributed by atoms with Gasteiger partial charge >= 0.3 is 44.3 Å². The summed E-state index contributed by atoms with van der Waals surface area (Å²) in [5.74, 6) is 0. The molecule has 4 heteroatoms. The molecule has 0 aromatic rings. The van der Waals surface area contributed by atoms with Crippen LogP contribution in [0.1, 0.15) is 0 Å². The van der Waals surface area contributed by atoms with Crippen molar-refractivity contribution in [3.05, 3.63) is 0 Å². The molecule has 0 amide bonds. The average molecular weight is 168 g/mol. The number of hydrogen-bond acceptors (Lipinski definition) is 2. The van der Waals surface area contributed by atoms with Gasteiger partial charge in [0.15, 0.2) is 0 Å². The molecular weight excluding hydrogens is 159 g/mol. The summed E-state index contributed by atoms with van der Waals surface area (Å²) in [5, 5.41) is 8.15. The number of aliphatic hydroxyl groups is 1. The second-order valence-electron chi connectivity index (χ2n) is 1.50. The van der Waals surface area contributed by atoms with Gasteiger partial charge in [-0.25, -0.2) is 0 Å². The zero-order valence-electron chi connectivity index (χ0n) is 4.16. The van der Waals surface area contributed by atoms with E-state index in [0.717, 1.165) is 0 Å². The molecule has 0 spiro atoms. The number of rotatable bonds is 2. The van der Waals surface area contributed by atoms with E-state index < -0.39 is 13.8 Å². The summed E-state index contributed by atoms with van der Waals surface area (Å²) in [5.41, 5.74) is 1.29. The van der Waals surface area contributed by atoms with E-state index in [-0.39, 0.29) is 11.8 Å². The molecule has 1 atom stereocenters. The Balaban J connectivity index is 3.36. The molecule has 0 heterocycles. The zero-order chi connectivity index (χ0) is 5.91. The second kappa shape index (κ2) is 2.55. The monoisotopic (exact) mass is 168 g/mol. The predicted molar refractivity (Wildman–Crippen MR) is 26.4 cm³/mol. The van der Waals surface area contributed by atoms with E-state index in [2.05, 4.69) is 0 Å². The van der Waals surface area contributed by atoms with Crippen molar-refractivity contribution in [1.82, 2.24) is 0 Å². The summed E-state index contributed by atoms with van der Waals surface area (Å²) in [7, 11) is 0. The molecule has 0 aliphatic heterocycles. The molecule has 1 unspecified atom stereocenters. The molecule has 0 rings (SSSR count). The van der Waals surface area contributed by atoms with Gasteiger partial charge in [0.2, 0.25) is 0 Å². The van der Waals surface area contributed by atoms with Crippen molar-refractivity contribution in [3.63, 3.8) is 0 Å². The van der Waals surface area contributed by atoms with Crippen LogP contribution in [0.4, 0.5) is 0 Å². The number of aliphatic hydroxyl groups excluding tert-OH is 1. The minimum atomic E-state index is -3.44. The van der Waals surface area contributed by atoms with Crippen molar-refractivity contribution in [2.24, 2.45) is 0 Å². The van der Waals surface area contributed by atoms with Crippen LogP contribution in [0.3, 0.4) is 0 Å². The van der Waals surface area contributed by atoms with Gasteiger partial charge in [0.1, 0.15) is 0 Å². The first-order valence-corrected chi connectivity index (χ1v) is 6.77. The molecule has 0 saturated heterocycles. The van der Waals surface area contributed by atoms with Gasteiger partial charge in [0.25, 0.3) is 0 Å². The molecule has 0 saturated carbocycles. The van der Waals surface area contributed by atoms with Crippen LogP contribution in [0.15, 0.2) is 0 Å². The Morgan fingerprint density at radius 1 is 1.71 bits per heavy atom. The summed E-state index contributed by atoms with van der Waals surface area (Å²) in [4.78, 5) is 0. The molecular formula is C3H9AsO3. The van der Waals surface area contributed by atoms with Crippen LogP contribution in [0.5, 0.6) is 0 Å². The Labute approximate surface area is 45.0 Å². The first-order valence-electron chi connectivity index (χ1n) is 1.96. The molecule has 2 N–H and O–H groups in total. The third-order valence-corrected chi connectivity index (χ3v) is 2.68. The summed E-state index contributed by atoms with van der Waals surface area (Å²) < 4.78 is 18.7. The summed E-state index contributed by atoms with van der Waals surface area (Å²) in [6.45, 7) is -0.177. The number of hydrogen-bond donors (Lipinski definition) is 2. The molecule has 44 valence electrons. The fourth-order valence-electron chi connectivity index (χ4n) is 0.186. The molecule has 0 aliphatic carbocycles. The Hall–Kier alpha value is 0.278. The fraction of sp³-hybridized carbons (Fsp3) is 1.00. The first kappa shape index (κ1) is 7.28. The van der Waals surface area contributed by atoms with Gasteiger partial charge in [-0.3, -0.25) is 0 Å². The molecule has 0 aromatic carbocycles. The molecule has 7 heavy (non-hydrogen) atoms. The molecule has 0 radical (unpaired) electrons. The van der Waals surface area contributed by atoms with Crippen molar-refractivity contribution < 1.29 is 12.9 Å². The van der Waals surface area contributed by atoms with Crippen LogP contribution in [0.2, 0.25) is 10.9 Å². The average Bonchev–Trinajstić information content (AvgIpc) is 1.30. The van der Waals surface area contributed by atoms with E-state index >= 15 is 0 Å². The van der Waals surface area contributed by atoms with Crippen LogP contribution in [-0.4, -0.2) is 29.6 Å². The van der Waals surface area contributed by atoms with Crippen molar-refractivity contribution in [1.29, 1.82) is 0 Å². The van der Waals surface area contributed by atoms with Gasteiger partial charge in [0.05, 0.1) is 0 Å². The minimum absolute atomic E-state index is 0.0677. The second-order valence-corrected chi connectivity index (χ2v) is 6.85. The summed E-state index contributed by atoms with van der Waals surface area (Å²) in [6.07, 6.45) is 0. The van der Waals surface area contributed by atoms with Gasteiger partial charge < -0.3 is 0 Å². The fourth-order valence-corrected chi connectivity index (χ4v) is 0.964. The predicted octanol–water partition coefficient (Wildman–Crippen LogP) is -0.527. The van der Waals surface area contributed by atoms with Crippen LogP contribution in [-0.2, 0) is 3.74 Å². The Kier molecular flexibility index (Phi) is 2.65. The quantitative estimate of drug-likeness (QED) is 0.545. The topological polar surface area (TPSA) is 57.5 Å². The molecule has 0 aromatic heterocycles.